The molecule has 0 aliphatic carbocycles. The van der Waals surface area contributed by atoms with Crippen molar-refractivity contribution in [2.75, 3.05) is 27.1 Å². The number of ether oxygens (including phenoxy) is 2. The van der Waals surface area contributed by atoms with Crippen molar-refractivity contribution in [1.82, 2.24) is 0 Å². The van der Waals surface area contributed by atoms with Gasteiger partial charge in [0.05, 0.1) is 12.7 Å². The predicted molar refractivity (Wildman–Crippen MR) is 80.7 cm³/mol. The van der Waals surface area contributed by atoms with Crippen LogP contribution >= 0.6 is 0 Å². The summed E-state index contributed by atoms with van der Waals surface area (Å²) in [4.78, 5) is 0. The van der Waals surface area contributed by atoms with Gasteiger partial charge in [-0.3, -0.25) is 0 Å². The highest BCUT2D eigenvalue weighted by atomic mass is 28.4. The molecule has 0 rings (SSSR count). The summed E-state index contributed by atoms with van der Waals surface area (Å²) in [5.74, 6) is 0. The predicted octanol–water partition coefficient (Wildman–Crippen LogP) is 2.94. The van der Waals surface area contributed by atoms with Crippen molar-refractivity contribution in [2.45, 2.75) is 51.4 Å². The summed E-state index contributed by atoms with van der Waals surface area (Å²) in [6.45, 7) is 12.1. The summed E-state index contributed by atoms with van der Waals surface area (Å²) in [5, 5.41) is 9.02. The molecule has 0 fully saturated rings. The van der Waals surface area contributed by atoms with Crippen LogP contribution < -0.4 is 0 Å². The average molecular weight is 290 g/mol. The van der Waals surface area contributed by atoms with Gasteiger partial charge in [-0.1, -0.05) is 32.9 Å². The lowest BCUT2D eigenvalue weighted by Gasteiger charge is -2.36. The van der Waals surface area contributed by atoms with E-state index in [0.29, 0.717) is 6.61 Å². The Labute approximate surface area is 118 Å². The number of hydrogen-bond donors (Lipinski definition) is 1. The van der Waals surface area contributed by atoms with Gasteiger partial charge in [-0.05, 0) is 24.6 Å². The molecule has 0 spiro atoms. The van der Waals surface area contributed by atoms with Gasteiger partial charge in [-0.25, -0.2) is 0 Å². The first-order valence-corrected chi connectivity index (χ1v) is 9.67. The molecule has 5 heteroatoms. The van der Waals surface area contributed by atoms with Gasteiger partial charge in [-0.2, -0.15) is 0 Å². The number of rotatable bonds is 9. The minimum atomic E-state index is -1.69. The molecule has 114 valence electrons. The van der Waals surface area contributed by atoms with Crippen molar-refractivity contribution in [3.63, 3.8) is 0 Å². The molecule has 0 aromatic heterocycles. The Bertz CT molecular complexity index is 259. The molecular formula is C14H30O4Si. The van der Waals surface area contributed by atoms with Crippen molar-refractivity contribution >= 4 is 8.32 Å². The summed E-state index contributed by atoms with van der Waals surface area (Å²) >= 11 is 0. The zero-order valence-electron chi connectivity index (χ0n) is 13.2. The third-order valence-electron chi connectivity index (χ3n) is 3.53. The van der Waals surface area contributed by atoms with E-state index >= 15 is 0 Å². The van der Waals surface area contributed by atoms with E-state index in [2.05, 4.69) is 33.9 Å². The third-order valence-corrected chi connectivity index (χ3v) is 8.07. The molecule has 0 bridgehead atoms. The van der Waals surface area contributed by atoms with E-state index < -0.39 is 8.32 Å². The first-order valence-electron chi connectivity index (χ1n) is 6.76. The van der Waals surface area contributed by atoms with E-state index in [-0.39, 0.29) is 24.5 Å². The van der Waals surface area contributed by atoms with E-state index in [9.17, 15) is 0 Å². The SMILES string of the molecule is COCO[C@@H](/C=C/CO)CCO[Si](C)(C)C(C)(C)C. The van der Waals surface area contributed by atoms with Crippen molar-refractivity contribution in [2.24, 2.45) is 0 Å². The second kappa shape index (κ2) is 8.87. The molecule has 0 unspecified atom stereocenters. The largest absolute Gasteiger partial charge is 0.417 e. The van der Waals surface area contributed by atoms with Crippen LogP contribution in [-0.2, 0) is 13.9 Å². The van der Waals surface area contributed by atoms with Crippen LogP contribution in [0.2, 0.25) is 18.1 Å². The number of aliphatic hydroxyl groups is 1. The lowest BCUT2D eigenvalue weighted by Crippen LogP contribution is -2.41. The molecular weight excluding hydrogens is 260 g/mol. The van der Waals surface area contributed by atoms with Gasteiger partial charge in [-0.15, -0.1) is 0 Å². The summed E-state index contributed by atoms with van der Waals surface area (Å²) in [7, 11) is -0.0984. The molecule has 4 nitrogen and oxygen atoms in total. The van der Waals surface area contributed by atoms with Crippen molar-refractivity contribution in [1.29, 1.82) is 0 Å². The molecule has 1 atom stereocenters. The number of hydrogen-bond acceptors (Lipinski definition) is 4. The lowest BCUT2D eigenvalue weighted by molar-refractivity contribution is -0.0604. The van der Waals surface area contributed by atoms with Crippen LogP contribution in [-0.4, -0.2) is 46.6 Å². The quantitative estimate of drug-likeness (QED) is 0.403. The van der Waals surface area contributed by atoms with Gasteiger partial charge < -0.3 is 19.0 Å². The van der Waals surface area contributed by atoms with Crippen molar-refractivity contribution in [3.8, 4) is 0 Å². The van der Waals surface area contributed by atoms with Crippen LogP contribution in [0.25, 0.3) is 0 Å². The highest BCUT2D eigenvalue weighted by Gasteiger charge is 2.36. The standard InChI is InChI=1S/C14H30O4Si/c1-14(2,3)19(5,6)18-11-9-13(8-7-10-15)17-12-16-4/h7-8,13,15H,9-12H2,1-6H3/b8-7+/t13-/m0/s1. The fourth-order valence-corrected chi connectivity index (χ4v) is 2.31. The van der Waals surface area contributed by atoms with E-state index in [4.69, 9.17) is 19.0 Å². The van der Waals surface area contributed by atoms with E-state index in [1.54, 1.807) is 13.2 Å². The van der Waals surface area contributed by atoms with E-state index in [0.717, 1.165) is 6.42 Å². The molecule has 0 amide bonds. The maximum Gasteiger partial charge on any atom is 0.191 e. The zero-order chi connectivity index (χ0) is 14.9. The normalized spacial score (nSPS) is 15.1. The summed E-state index contributed by atoms with van der Waals surface area (Å²) in [5.41, 5.74) is 0. The Hall–Kier alpha value is -0.203. The van der Waals surface area contributed by atoms with Crippen LogP contribution in [0.3, 0.4) is 0 Å². The third kappa shape index (κ3) is 7.84. The molecule has 0 aliphatic rings. The summed E-state index contributed by atoms with van der Waals surface area (Å²) in [6.07, 6.45) is 4.24. The second-order valence-corrected chi connectivity index (χ2v) is 10.9. The fraction of sp³-hybridized carbons (Fsp3) is 0.857. The molecule has 1 N–H and O–H groups in total. The number of aliphatic hydroxyl groups excluding tert-OH is 1. The van der Waals surface area contributed by atoms with Crippen LogP contribution in [0.15, 0.2) is 12.2 Å². The van der Waals surface area contributed by atoms with Gasteiger partial charge in [0.1, 0.15) is 6.79 Å². The minimum absolute atomic E-state index is 0.0237. The average Bonchev–Trinajstić information content (AvgIpc) is 2.30. The lowest BCUT2D eigenvalue weighted by atomic mass is 10.2. The van der Waals surface area contributed by atoms with Crippen LogP contribution in [0.4, 0.5) is 0 Å². The molecule has 19 heavy (non-hydrogen) atoms. The second-order valence-electron chi connectivity index (χ2n) is 6.12. The maximum atomic E-state index is 8.80. The summed E-state index contributed by atoms with van der Waals surface area (Å²) in [6, 6.07) is 0. The van der Waals surface area contributed by atoms with Crippen LogP contribution in [0.5, 0.6) is 0 Å². The van der Waals surface area contributed by atoms with Gasteiger partial charge in [0.15, 0.2) is 8.32 Å². The molecule has 0 saturated carbocycles. The smallest absolute Gasteiger partial charge is 0.191 e. The Morgan fingerprint density at radius 1 is 1.26 bits per heavy atom. The Morgan fingerprint density at radius 2 is 1.89 bits per heavy atom. The Balaban J connectivity index is 4.21. The highest BCUT2D eigenvalue weighted by Crippen LogP contribution is 2.36. The van der Waals surface area contributed by atoms with E-state index in [1.807, 2.05) is 6.08 Å². The van der Waals surface area contributed by atoms with Crippen LogP contribution in [0.1, 0.15) is 27.2 Å². The van der Waals surface area contributed by atoms with Crippen molar-refractivity contribution in [3.05, 3.63) is 12.2 Å². The summed E-state index contributed by atoms with van der Waals surface area (Å²) < 4.78 is 16.5. The van der Waals surface area contributed by atoms with Crippen LogP contribution in [0, 0.1) is 0 Å². The van der Waals surface area contributed by atoms with Gasteiger partial charge in [0.2, 0.25) is 0 Å². The minimum Gasteiger partial charge on any atom is -0.417 e. The van der Waals surface area contributed by atoms with Gasteiger partial charge in [0, 0.05) is 13.7 Å². The zero-order valence-corrected chi connectivity index (χ0v) is 14.2. The molecule has 0 aromatic rings. The van der Waals surface area contributed by atoms with Gasteiger partial charge in [0.25, 0.3) is 0 Å². The molecule has 0 aromatic carbocycles. The van der Waals surface area contributed by atoms with Gasteiger partial charge >= 0.3 is 0 Å². The molecule has 0 aliphatic heterocycles. The highest BCUT2D eigenvalue weighted by molar-refractivity contribution is 6.74. The number of methoxy groups -OCH3 is 1. The van der Waals surface area contributed by atoms with Crippen molar-refractivity contribution < 1.29 is 19.0 Å². The molecule has 0 radical (unpaired) electrons. The fourth-order valence-electron chi connectivity index (χ4n) is 1.25. The first kappa shape index (κ1) is 18.8. The Morgan fingerprint density at radius 3 is 2.37 bits per heavy atom. The molecule has 0 heterocycles. The maximum absolute atomic E-state index is 8.80. The monoisotopic (exact) mass is 290 g/mol. The molecule has 0 saturated heterocycles. The topological polar surface area (TPSA) is 47.9 Å². The Kier molecular flexibility index (Phi) is 8.77. The van der Waals surface area contributed by atoms with E-state index in [1.165, 1.54) is 0 Å². The first-order chi connectivity index (χ1) is 8.74.